The Kier molecular flexibility index (Phi) is 5.42. The fourth-order valence-corrected chi connectivity index (χ4v) is 7.83. The molecule has 4 atom stereocenters. The van der Waals surface area contributed by atoms with Crippen molar-refractivity contribution in [1.82, 2.24) is 14.7 Å². The van der Waals surface area contributed by atoms with E-state index in [9.17, 15) is 25.2 Å². The Labute approximate surface area is 189 Å². The van der Waals surface area contributed by atoms with Crippen LogP contribution in [-0.2, 0) is 9.59 Å². The Hall–Kier alpha value is -2.16. The van der Waals surface area contributed by atoms with E-state index in [1.807, 2.05) is 4.90 Å². The molecule has 2 saturated heterocycles. The number of rotatable bonds is 5. The van der Waals surface area contributed by atoms with Crippen molar-refractivity contribution in [2.75, 3.05) is 26.2 Å². The summed E-state index contributed by atoms with van der Waals surface area (Å²) in [5.41, 5.74) is -1.05. The molecule has 0 aromatic heterocycles. The van der Waals surface area contributed by atoms with E-state index >= 15 is 0 Å². The van der Waals surface area contributed by atoms with Gasteiger partial charge in [0.1, 0.15) is 12.1 Å². The lowest BCUT2D eigenvalue weighted by Crippen LogP contribution is -2.67. The molecule has 4 bridgehead atoms. The second-order valence-corrected chi connectivity index (χ2v) is 11.0. The molecule has 2 aliphatic heterocycles. The summed E-state index contributed by atoms with van der Waals surface area (Å²) in [6, 6.07) is 3.71. The molecule has 6 fully saturated rings. The van der Waals surface area contributed by atoms with Crippen LogP contribution in [0.15, 0.2) is 0 Å². The average molecular weight is 440 g/mol. The first kappa shape index (κ1) is 21.7. The third-order valence-electron chi connectivity index (χ3n) is 8.77. The molecular formula is C24H33N5O3. The van der Waals surface area contributed by atoms with Gasteiger partial charge in [0.25, 0.3) is 0 Å². The lowest BCUT2D eigenvalue weighted by Gasteiger charge is -2.63. The highest BCUT2D eigenvalue weighted by molar-refractivity contribution is 5.82. The van der Waals surface area contributed by atoms with Crippen molar-refractivity contribution in [2.24, 2.45) is 11.8 Å². The summed E-state index contributed by atoms with van der Waals surface area (Å²) < 4.78 is 0. The number of hydrogen-bond donors (Lipinski definition) is 1. The SMILES string of the molecule is N#C[C@@H]1CCCN1C(=O)CN(CC(=O)N1CCC[C@H]1C#N)C12CC3CC(CC(O)(C3)C1)C2. The van der Waals surface area contributed by atoms with Crippen LogP contribution in [-0.4, -0.2) is 81.0 Å². The molecule has 0 aromatic carbocycles. The number of likely N-dealkylation sites (tertiary alicyclic amines) is 2. The van der Waals surface area contributed by atoms with Gasteiger partial charge >= 0.3 is 0 Å². The molecule has 2 unspecified atom stereocenters. The number of carbonyl (C=O) groups excluding carboxylic acids is 2. The van der Waals surface area contributed by atoms with Gasteiger partial charge in [-0.15, -0.1) is 0 Å². The van der Waals surface area contributed by atoms with Crippen molar-refractivity contribution < 1.29 is 14.7 Å². The molecule has 32 heavy (non-hydrogen) atoms. The van der Waals surface area contributed by atoms with E-state index in [4.69, 9.17) is 0 Å². The molecule has 172 valence electrons. The van der Waals surface area contributed by atoms with Crippen molar-refractivity contribution in [3.63, 3.8) is 0 Å². The molecule has 0 spiro atoms. The monoisotopic (exact) mass is 439 g/mol. The van der Waals surface area contributed by atoms with Crippen LogP contribution >= 0.6 is 0 Å². The molecular weight excluding hydrogens is 406 g/mol. The molecule has 1 N–H and O–H groups in total. The average Bonchev–Trinajstić information content (AvgIpc) is 3.40. The van der Waals surface area contributed by atoms with Crippen molar-refractivity contribution in [3.8, 4) is 12.1 Å². The Morgan fingerprint density at radius 2 is 1.41 bits per heavy atom. The Morgan fingerprint density at radius 1 is 0.906 bits per heavy atom. The minimum Gasteiger partial charge on any atom is -0.390 e. The molecule has 6 aliphatic rings. The van der Waals surface area contributed by atoms with Crippen LogP contribution in [0.3, 0.4) is 0 Å². The third kappa shape index (κ3) is 3.68. The van der Waals surface area contributed by atoms with Gasteiger partial charge in [0.2, 0.25) is 11.8 Å². The molecule has 2 heterocycles. The van der Waals surface area contributed by atoms with Crippen LogP contribution in [0.2, 0.25) is 0 Å². The standard InChI is InChI=1S/C24H33N5O3/c25-12-19-3-1-5-28(19)21(30)14-27(15-22(31)29-6-2-4-20(29)13-26)23-8-17-7-18(9-23)11-24(32,10-17)16-23/h17-20,32H,1-11,14-16H2/t17?,18?,19-,20-,23?,24?/m0/s1. The zero-order chi connectivity index (χ0) is 22.5. The van der Waals surface area contributed by atoms with E-state index in [0.29, 0.717) is 44.2 Å². The lowest BCUT2D eigenvalue weighted by atomic mass is 9.50. The van der Waals surface area contributed by atoms with Crippen LogP contribution in [0.5, 0.6) is 0 Å². The number of nitrogens with zero attached hydrogens (tertiary/aromatic N) is 5. The Balaban J connectivity index is 1.40. The minimum absolute atomic E-state index is 0.0946. The molecule has 8 nitrogen and oxygen atoms in total. The molecule has 2 amide bonds. The van der Waals surface area contributed by atoms with Crippen LogP contribution in [0.25, 0.3) is 0 Å². The van der Waals surface area contributed by atoms with Crippen LogP contribution < -0.4 is 0 Å². The first-order valence-electron chi connectivity index (χ1n) is 12.2. The molecule has 4 aliphatic carbocycles. The summed E-state index contributed by atoms with van der Waals surface area (Å²) in [4.78, 5) is 32.0. The van der Waals surface area contributed by atoms with Crippen LogP contribution in [0, 0.1) is 34.5 Å². The summed E-state index contributed by atoms with van der Waals surface area (Å²) >= 11 is 0. The number of amides is 2. The highest BCUT2D eigenvalue weighted by Gasteiger charge is 2.59. The molecule has 0 radical (unpaired) electrons. The highest BCUT2D eigenvalue weighted by atomic mass is 16.3. The Morgan fingerprint density at radius 3 is 1.84 bits per heavy atom. The topological polar surface area (TPSA) is 112 Å². The number of hydrogen-bond acceptors (Lipinski definition) is 6. The highest BCUT2D eigenvalue weighted by Crippen LogP contribution is 2.59. The second-order valence-electron chi connectivity index (χ2n) is 11.0. The molecule has 8 heteroatoms. The maximum absolute atomic E-state index is 13.3. The first-order valence-corrected chi connectivity index (χ1v) is 12.2. The summed E-state index contributed by atoms with van der Waals surface area (Å²) in [7, 11) is 0. The van der Waals surface area contributed by atoms with Gasteiger partial charge in [0.15, 0.2) is 0 Å². The number of carbonyl (C=O) groups is 2. The smallest absolute Gasteiger partial charge is 0.237 e. The maximum Gasteiger partial charge on any atom is 0.237 e. The second kappa shape index (κ2) is 8.01. The van der Waals surface area contributed by atoms with Crippen molar-refractivity contribution in [1.29, 1.82) is 10.5 Å². The largest absolute Gasteiger partial charge is 0.390 e. The number of nitriles is 2. The quantitative estimate of drug-likeness (QED) is 0.693. The van der Waals surface area contributed by atoms with E-state index in [-0.39, 0.29) is 42.5 Å². The van der Waals surface area contributed by atoms with Gasteiger partial charge in [-0.1, -0.05) is 0 Å². The fraction of sp³-hybridized carbons (Fsp3) is 0.833. The van der Waals surface area contributed by atoms with Crippen LogP contribution in [0.4, 0.5) is 0 Å². The first-order chi connectivity index (χ1) is 15.3. The summed E-state index contributed by atoms with van der Waals surface area (Å²) in [5.74, 6) is 0.683. The Bertz CT molecular complexity index is 816. The van der Waals surface area contributed by atoms with Gasteiger partial charge in [-0.3, -0.25) is 14.5 Å². The third-order valence-corrected chi connectivity index (χ3v) is 8.77. The summed E-state index contributed by atoms with van der Waals surface area (Å²) in [6.07, 6.45) is 8.28. The van der Waals surface area contributed by atoms with Crippen molar-refractivity contribution in [2.45, 2.75) is 87.4 Å². The van der Waals surface area contributed by atoms with E-state index in [0.717, 1.165) is 44.9 Å². The zero-order valence-corrected chi connectivity index (χ0v) is 18.7. The lowest BCUT2D eigenvalue weighted by molar-refractivity contribution is -0.181. The van der Waals surface area contributed by atoms with E-state index in [2.05, 4.69) is 12.1 Å². The van der Waals surface area contributed by atoms with E-state index in [1.54, 1.807) is 9.80 Å². The summed E-state index contributed by atoms with van der Waals surface area (Å²) in [5, 5.41) is 30.2. The van der Waals surface area contributed by atoms with Crippen molar-refractivity contribution in [3.05, 3.63) is 0 Å². The molecule has 0 aromatic rings. The van der Waals surface area contributed by atoms with Crippen LogP contribution in [0.1, 0.15) is 64.2 Å². The normalized spacial score (nSPS) is 40.0. The van der Waals surface area contributed by atoms with E-state index < -0.39 is 5.60 Å². The predicted molar refractivity (Wildman–Crippen MR) is 115 cm³/mol. The zero-order valence-electron chi connectivity index (χ0n) is 18.7. The number of aliphatic hydroxyl groups is 1. The van der Waals surface area contributed by atoms with E-state index in [1.165, 1.54) is 0 Å². The van der Waals surface area contributed by atoms with Gasteiger partial charge in [-0.05, 0) is 76.0 Å². The fourth-order valence-electron chi connectivity index (χ4n) is 7.83. The molecule has 6 rings (SSSR count). The van der Waals surface area contributed by atoms with Gasteiger partial charge in [-0.2, -0.15) is 10.5 Å². The van der Waals surface area contributed by atoms with Gasteiger partial charge in [-0.25, -0.2) is 0 Å². The van der Waals surface area contributed by atoms with Gasteiger partial charge in [0.05, 0.1) is 30.8 Å². The molecule has 4 saturated carbocycles. The van der Waals surface area contributed by atoms with Gasteiger partial charge in [0, 0.05) is 18.6 Å². The predicted octanol–water partition coefficient (Wildman–Crippen LogP) is 1.40. The maximum atomic E-state index is 13.3. The minimum atomic E-state index is -0.694. The van der Waals surface area contributed by atoms with Gasteiger partial charge < -0.3 is 14.9 Å². The summed E-state index contributed by atoms with van der Waals surface area (Å²) in [6.45, 7) is 1.38. The van der Waals surface area contributed by atoms with Crippen molar-refractivity contribution >= 4 is 11.8 Å².